The Morgan fingerprint density at radius 2 is 1.93 bits per heavy atom. The van der Waals surface area contributed by atoms with Crippen LogP contribution in [0.5, 0.6) is 0 Å². The zero-order valence-electron chi connectivity index (χ0n) is 16.0. The van der Waals surface area contributed by atoms with Crippen molar-refractivity contribution in [2.24, 2.45) is 0 Å². The Balaban J connectivity index is 1.32. The zero-order valence-corrected chi connectivity index (χ0v) is 16.8. The molecule has 6 heteroatoms. The van der Waals surface area contributed by atoms with E-state index in [0.717, 1.165) is 55.0 Å². The zero-order chi connectivity index (χ0) is 19.4. The second-order valence-electron chi connectivity index (χ2n) is 7.68. The number of piperidine rings is 1. The molecule has 148 valence electrons. The Hall–Kier alpha value is -1.95. The third-order valence-corrected chi connectivity index (χ3v) is 6.22. The molecule has 28 heavy (non-hydrogen) atoms. The van der Waals surface area contributed by atoms with Crippen molar-refractivity contribution in [3.63, 3.8) is 0 Å². The van der Waals surface area contributed by atoms with E-state index >= 15 is 0 Å². The Morgan fingerprint density at radius 1 is 1.14 bits per heavy atom. The van der Waals surface area contributed by atoms with Crippen molar-refractivity contribution in [2.75, 3.05) is 39.3 Å². The molecule has 0 unspecified atom stereocenters. The number of morpholine rings is 1. The Morgan fingerprint density at radius 3 is 2.68 bits per heavy atom. The predicted molar refractivity (Wildman–Crippen MR) is 110 cm³/mol. The number of benzene rings is 1. The molecule has 2 aromatic rings. The van der Waals surface area contributed by atoms with Crippen LogP contribution in [0.25, 0.3) is 0 Å². The number of carbonyl (C=O) groups is 1. The number of ether oxygens (including phenoxy) is 1. The summed E-state index contributed by atoms with van der Waals surface area (Å²) in [6.07, 6.45) is 6.33. The molecular formula is C22H26ClN3O2. The first kappa shape index (κ1) is 19.4. The van der Waals surface area contributed by atoms with Crippen LogP contribution in [0.3, 0.4) is 0 Å². The van der Waals surface area contributed by atoms with Crippen LogP contribution in [0.2, 0.25) is 5.02 Å². The van der Waals surface area contributed by atoms with Gasteiger partial charge in [0.05, 0.1) is 23.8 Å². The normalized spacial score (nSPS) is 19.7. The third-order valence-electron chi connectivity index (χ3n) is 5.88. The highest BCUT2D eigenvalue weighted by molar-refractivity contribution is 6.31. The van der Waals surface area contributed by atoms with E-state index in [1.807, 2.05) is 41.3 Å². The van der Waals surface area contributed by atoms with Crippen LogP contribution in [0.1, 0.15) is 28.8 Å². The van der Waals surface area contributed by atoms with Gasteiger partial charge in [-0.05, 0) is 43.0 Å². The number of rotatable bonds is 4. The monoisotopic (exact) mass is 399 g/mol. The Bertz CT molecular complexity index is 806. The van der Waals surface area contributed by atoms with Gasteiger partial charge >= 0.3 is 0 Å². The van der Waals surface area contributed by atoms with Crippen LogP contribution in [-0.4, -0.2) is 65.6 Å². The molecule has 5 nitrogen and oxygen atoms in total. The largest absolute Gasteiger partial charge is 0.371 e. The highest BCUT2D eigenvalue weighted by Crippen LogP contribution is 2.31. The van der Waals surface area contributed by atoms with Gasteiger partial charge in [-0.1, -0.05) is 29.8 Å². The van der Waals surface area contributed by atoms with Crippen molar-refractivity contribution in [1.29, 1.82) is 0 Å². The summed E-state index contributed by atoms with van der Waals surface area (Å²) in [7, 11) is 0. The lowest BCUT2D eigenvalue weighted by Crippen LogP contribution is -2.58. The lowest BCUT2D eigenvalue weighted by molar-refractivity contribution is -0.127. The first-order chi connectivity index (χ1) is 13.7. The molecule has 1 spiro atoms. The molecule has 2 aliphatic heterocycles. The second-order valence-corrected chi connectivity index (χ2v) is 8.09. The van der Waals surface area contributed by atoms with E-state index < -0.39 is 0 Å². The number of nitrogens with zero attached hydrogens (tertiary/aromatic N) is 3. The lowest BCUT2D eigenvalue weighted by Gasteiger charge is -2.47. The average Bonchev–Trinajstić information content (AvgIpc) is 2.75. The molecule has 2 fully saturated rings. The van der Waals surface area contributed by atoms with Crippen LogP contribution in [0.4, 0.5) is 0 Å². The number of aromatic nitrogens is 1. The van der Waals surface area contributed by atoms with E-state index in [9.17, 15) is 4.79 Å². The van der Waals surface area contributed by atoms with Gasteiger partial charge in [-0.3, -0.25) is 9.78 Å². The van der Waals surface area contributed by atoms with E-state index in [1.165, 1.54) is 0 Å². The van der Waals surface area contributed by atoms with Crippen molar-refractivity contribution < 1.29 is 9.53 Å². The maximum atomic E-state index is 12.8. The van der Waals surface area contributed by atoms with E-state index in [4.69, 9.17) is 16.3 Å². The molecule has 0 saturated carbocycles. The van der Waals surface area contributed by atoms with Crippen LogP contribution >= 0.6 is 11.6 Å². The minimum Gasteiger partial charge on any atom is -0.371 e. The summed E-state index contributed by atoms with van der Waals surface area (Å²) in [6.45, 7) is 4.91. The number of pyridine rings is 1. The Labute approximate surface area is 171 Å². The third kappa shape index (κ3) is 4.37. The number of halogens is 1. The summed E-state index contributed by atoms with van der Waals surface area (Å²) in [6, 6.07) is 11.5. The molecular weight excluding hydrogens is 374 g/mol. The van der Waals surface area contributed by atoms with E-state index in [-0.39, 0.29) is 11.5 Å². The fraction of sp³-hybridized carbons (Fsp3) is 0.455. The molecule has 0 N–H and O–H groups in total. The quantitative estimate of drug-likeness (QED) is 0.791. The van der Waals surface area contributed by atoms with Gasteiger partial charge in [-0.2, -0.15) is 0 Å². The van der Waals surface area contributed by atoms with E-state index in [1.54, 1.807) is 12.4 Å². The molecule has 0 radical (unpaired) electrons. The molecule has 1 aromatic carbocycles. The number of carbonyl (C=O) groups excluding carboxylic acids is 1. The van der Waals surface area contributed by atoms with Gasteiger partial charge in [0.1, 0.15) is 0 Å². The standard InChI is InChI=1S/C22H26ClN3O2/c23-20-16-24-10-6-18(20)7-11-25-12-8-22(9-13-25)17-26(14-15-28-22)21(27)19-4-2-1-3-5-19/h1-6,10,16H,7-9,11-15,17H2. The van der Waals surface area contributed by atoms with Gasteiger partial charge in [0, 0.05) is 44.1 Å². The summed E-state index contributed by atoms with van der Waals surface area (Å²) in [5.74, 6) is 0.109. The highest BCUT2D eigenvalue weighted by Gasteiger charge is 2.41. The van der Waals surface area contributed by atoms with Crippen molar-refractivity contribution in [3.8, 4) is 0 Å². The molecule has 0 bridgehead atoms. The smallest absolute Gasteiger partial charge is 0.254 e. The minimum atomic E-state index is -0.201. The van der Waals surface area contributed by atoms with Crippen LogP contribution in [0, 0.1) is 0 Å². The van der Waals surface area contributed by atoms with E-state index in [0.29, 0.717) is 19.7 Å². The van der Waals surface area contributed by atoms with Crippen LogP contribution < -0.4 is 0 Å². The first-order valence-electron chi connectivity index (χ1n) is 9.94. The maximum Gasteiger partial charge on any atom is 0.254 e. The molecule has 0 atom stereocenters. The van der Waals surface area contributed by atoms with Crippen molar-refractivity contribution >= 4 is 17.5 Å². The first-order valence-corrected chi connectivity index (χ1v) is 10.3. The van der Waals surface area contributed by atoms with Gasteiger partial charge in [-0.25, -0.2) is 0 Å². The minimum absolute atomic E-state index is 0.109. The fourth-order valence-electron chi connectivity index (χ4n) is 4.15. The highest BCUT2D eigenvalue weighted by atomic mass is 35.5. The summed E-state index contributed by atoms with van der Waals surface area (Å²) >= 11 is 6.22. The summed E-state index contributed by atoms with van der Waals surface area (Å²) in [4.78, 5) is 21.3. The summed E-state index contributed by atoms with van der Waals surface area (Å²) in [5.41, 5.74) is 1.70. The predicted octanol–water partition coefficient (Wildman–Crippen LogP) is 3.28. The van der Waals surface area contributed by atoms with Crippen LogP contribution in [0.15, 0.2) is 48.8 Å². The number of hydrogen-bond donors (Lipinski definition) is 0. The maximum absolute atomic E-state index is 12.8. The molecule has 1 amide bonds. The van der Waals surface area contributed by atoms with Crippen molar-refractivity contribution in [1.82, 2.24) is 14.8 Å². The summed E-state index contributed by atoms with van der Waals surface area (Å²) < 4.78 is 6.20. The SMILES string of the molecule is O=C(c1ccccc1)N1CCOC2(CCN(CCc3ccncc3Cl)CC2)C1. The number of amides is 1. The van der Waals surface area contributed by atoms with Crippen molar-refractivity contribution in [3.05, 3.63) is 64.9 Å². The molecule has 4 rings (SSSR count). The second kappa shape index (κ2) is 8.60. The number of hydrogen-bond acceptors (Lipinski definition) is 4. The van der Waals surface area contributed by atoms with Gasteiger partial charge in [0.2, 0.25) is 0 Å². The van der Waals surface area contributed by atoms with Gasteiger partial charge in [-0.15, -0.1) is 0 Å². The van der Waals surface area contributed by atoms with Crippen LogP contribution in [-0.2, 0) is 11.2 Å². The van der Waals surface area contributed by atoms with Gasteiger partial charge in [0.15, 0.2) is 0 Å². The molecule has 2 aliphatic rings. The van der Waals surface area contributed by atoms with Crippen molar-refractivity contribution in [2.45, 2.75) is 24.9 Å². The average molecular weight is 400 g/mol. The topological polar surface area (TPSA) is 45.7 Å². The number of likely N-dealkylation sites (tertiary alicyclic amines) is 1. The lowest BCUT2D eigenvalue weighted by atomic mass is 9.89. The van der Waals surface area contributed by atoms with Gasteiger partial charge in [0.25, 0.3) is 5.91 Å². The van der Waals surface area contributed by atoms with E-state index in [2.05, 4.69) is 9.88 Å². The molecule has 0 aliphatic carbocycles. The summed E-state index contributed by atoms with van der Waals surface area (Å²) in [5, 5.41) is 0.738. The Kier molecular flexibility index (Phi) is 5.95. The molecule has 1 aromatic heterocycles. The van der Waals surface area contributed by atoms with Gasteiger partial charge < -0.3 is 14.5 Å². The molecule has 2 saturated heterocycles. The molecule has 3 heterocycles. The fourth-order valence-corrected chi connectivity index (χ4v) is 4.37.